The van der Waals surface area contributed by atoms with Gasteiger partial charge in [0.2, 0.25) is 0 Å². The molecule has 2 saturated carbocycles. The van der Waals surface area contributed by atoms with Crippen LogP contribution < -0.4 is 0 Å². The predicted octanol–water partition coefficient (Wildman–Crippen LogP) is 2.58. The van der Waals surface area contributed by atoms with Crippen molar-refractivity contribution in [1.29, 1.82) is 0 Å². The summed E-state index contributed by atoms with van der Waals surface area (Å²) in [6.07, 6.45) is 4.73. The molecule has 3 aromatic rings. The van der Waals surface area contributed by atoms with Crippen LogP contribution in [0, 0.1) is 0 Å². The van der Waals surface area contributed by atoms with Gasteiger partial charge in [-0.25, -0.2) is 4.98 Å². The van der Waals surface area contributed by atoms with Crippen molar-refractivity contribution in [3.05, 3.63) is 54.4 Å². The fourth-order valence-electron chi connectivity index (χ4n) is 4.94. The first-order valence-electron chi connectivity index (χ1n) is 11.2. The molecule has 1 spiro atoms. The highest BCUT2D eigenvalue weighted by atomic mass is 16.3. The standard InChI is InChI=1S/C25H26N4O3/c1-27-16-26-20-14-19(6-7-21(20)27)17-2-4-18(5-3-17)22(30)29-13-12-28(15-24(29)8-9-24)23(31)25(32)10-11-25/h2-7,14,16,32H,8-13,15H2,1H3. The lowest BCUT2D eigenvalue weighted by Crippen LogP contribution is -2.60. The van der Waals surface area contributed by atoms with Crippen LogP contribution in [0.1, 0.15) is 36.0 Å². The Kier molecular flexibility index (Phi) is 4.05. The highest BCUT2D eigenvalue weighted by Crippen LogP contribution is 2.46. The lowest BCUT2D eigenvalue weighted by atomic mass is 10.0. The van der Waals surface area contributed by atoms with Gasteiger partial charge in [0.15, 0.2) is 0 Å². The fourth-order valence-corrected chi connectivity index (χ4v) is 4.94. The van der Waals surface area contributed by atoms with Gasteiger partial charge in [0.1, 0.15) is 5.60 Å². The van der Waals surface area contributed by atoms with Crippen LogP contribution in [0.5, 0.6) is 0 Å². The Hall–Kier alpha value is -3.19. The van der Waals surface area contributed by atoms with E-state index in [1.54, 1.807) is 4.90 Å². The fraction of sp³-hybridized carbons (Fsp3) is 0.400. The molecule has 0 atom stereocenters. The van der Waals surface area contributed by atoms with Crippen LogP contribution in [0.2, 0.25) is 0 Å². The molecule has 32 heavy (non-hydrogen) atoms. The van der Waals surface area contributed by atoms with E-state index < -0.39 is 5.60 Å². The summed E-state index contributed by atoms with van der Waals surface area (Å²) in [6, 6.07) is 14.0. The topological polar surface area (TPSA) is 78.7 Å². The first-order chi connectivity index (χ1) is 15.4. The summed E-state index contributed by atoms with van der Waals surface area (Å²) in [5.41, 5.74) is 3.41. The maximum atomic E-state index is 13.3. The summed E-state index contributed by atoms with van der Waals surface area (Å²) in [5, 5.41) is 10.2. The number of aliphatic hydroxyl groups is 1. The highest BCUT2D eigenvalue weighted by molar-refractivity contribution is 5.96. The van der Waals surface area contributed by atoms with Crippen molar-refractivity contribution in [3.8, 4) is 11.1 Å². The third kappa shape index (κ3) is 3.03. The third-order valence-electron chi connectivity index (χ3n) is 7.32. The minimum absolute atomic E-state index is 0.0199. The van der Waals surface area contributed by atoms with Crippen LogP contribution in [0.3, 0.4) is 0 Å². The van der Waals surface area contributed by atoms with Gasteiger partial charge in [0.05, 0.1) is 22.9 Å². The second-order valence-corrected chi connectivity index (χ2v) is 9.58. The number of carbonyl (C=O) groups excluding carboxylic acids is 2. The largest absolute Gasteiger partial charge is 0.380 e. The molecule has 2 aliphatic carbocycles. The summed E-state index contributed by atoms with van der Waals surface area (Å²) in [4.78, 5) is 34.0. The second kappa shape index (κ2) is 6.65. The first kappa shape index (κ1) is 19.5. The number of amides is 2. The van der Waals surface area contributed by atoms with Crippen LogP contribution in [0.4, 0.5) is 0 Å². The Morgan fingerprint density at radius 3 is 2.38 bits per heavy atom. The summed E-state index contributed by atoms with van der Waals surface area (Å²) in [6.45, 7) is 1.53. The van der Waals surface area contributed by atoms with E-state index in [1.807, 2.05) is 47.1 Å². The van der Waals surface area contributed by atoms with Crippen molar-refractivity contribution in [2.45, 2.75) is 36.8 Å². The van der Waals surface area contributed by atoms with Gasteiger partial charge in [-0.05, 0) is 61.1 Å². The predicted molar refractivity (Wildman–Crippen MR) is 120 cm³/mol. The monoisotopic (exact) mass is 430 g/mol. The van der Waals surface area contributed by atoms with Crippen LogP contribution in [0.15, 0.2) is 48.8 Å². The van der Waals surface area contributed by atoms with Gasteiger partial charge in [0, 0.05) is 32.2 Å². The normalized spacial score (nSPS) is 20.6. The molecule has 1 N–H and O–H groups in total. The number of aryl methyl sites for hydroxylation is 1. The zero-order valence-electron chi connectivity index (χ0n) is 18.1. The van der Waals surface area contributed by atoms with Crippen LogP contribution in [-0.2, 0) is 11.8 Å². The number of piperazine rings is 1. The van der Waals surface area contributed by atoms with Crippen LogP contribution in [-0.4, -0.2) is 67.0 Å². The Labute approximate surface area is 186 Å². The molecule has 0 bridgehead atoms. The van der Waals surface area contributed by atoms with Crippen LogP contribution >= 0.6 is 0 Å². The molecule has 7 nitrogen and oxygen atoms in total. The molecule has 1 aromatic heterocycles. The molecule has 6 rings (SSSR count). The zero-order chi connectivity index (χ0) is 22.1. The van der Waals surface area contributed by atoms with E-state index in [0.717, 1.165) is 35.0 Å². The molecule has 1 aliphatic heterocycles. The number of benzene rings is 2. The number of aromatic nitrogens is 2. The van der Waals surface area contributed by atoms with Gasteiger partial charge in [-0.15, -0.1) is 0 Å². The molecule has 0 radical (unpaired) electrons. The number of hydrogen-bond donors (Lipinski definition) is 1. The molecular formula is C25H26N4O3. The maximum absolute atomic E-state index is 13.3. The van der Waals surface area contributed by atoms with Crippen molar-refractivity contribution in [3.63, 3.8) is 0 Å². The molecule has 7 heteroatoms. The van der Waals surface area contributed by atoms with E-state index >= 15 is 0 Å². The number of carbonyl (C=O) groups is 2. The summed E-state index contributed by atoms with van der Waals surface area (Å²) in [7, 11) is 1.98. The van der Waals surface area contributed by atoms with Crippen molar-refractivity contribution in [2.24, 2.45) is 7.05 Å². The second-order valence-electron chi connectivity index (χ2n) is 9.58. The maximum Gasteiger partial charge on any atom is 0.254 e. The Morgan fingerprint density at radius 2 is 1.69 bits per heavy atom. The number of fused-ring (bicyclic) bond motifs is 1. The van der Waals surface area contributed by atoms with Gasteiger partial charge in [-0.3, -0.25) is 9.59 Å². The van der Waals surface area contributed by atoms with Gasteiger partial charge in [0.25, 0.3) is 11.8 Å². The average Bonchev–Trinajstić information content (AvgIpc) is 3.73. The minimum Gasteiger partial charge on any atom is -0.380 e. The molecule has 2 heterocycles. The number of rotatable bonds is 3. The van der Waals surface area contributed by atoms with Crippen molar-refractivity contribution >= 4 is 22.8 Å². The molecule has 3 aliphatic rings. The third-order valence-corrected chi connectivity index (χ3v) is 7.32. The Balaban J connectivity index is 1.20. The van der Waals surface area contributed by atoms with E-state index in [9.17, 15) is 14.7 Å². The SMILES string of the molecule is Cn1cnc2cc(-c3ccc(C(=O)N4CCN(C(=O)C5(O)CC5)CC45CC5)cc3)ccc21. The summed E-state index contributed by atoms with van der Waals surface area (Å²) < 4.78 is 1.99. The first-order valence-corrected chi connectivity index (χ1v) is 11.2. The average molecular weight is 431 g/mol. The lowest BCUT2D eigenvalue weighted by molar-refractivity contribution is -0.145. The van der Waals surface area contributed by atoms with Crippen molar-refractivity contribution in [1.82, 2.24) is 19.4 Å². The van der Waals surface area contributed by atoms with Gasteiger partial charge < -0.3 is 19.5 Å². The molecule has 1 saturated heterocycles. The molecule has 3 fully saturated rings. The van der Waals surface area contributed by atoms with Gasteiger partial charge >= 0.3 is 0 Å². The van der Waals surface area contributed by atoms with E-state index in [0.29, 0.717) is 38.0 Å². The lowest BCUT2D eigenvalue weighted by Gasteiger charge is -2.43. The van der Waals surface area contributed by atoms with E-state index in [1.165, 1.54) is 0 Å². The quantitative estimate of drug-likeness (QED) is 0.693. The Morgan fingerprint density at radius 1 is 0.969 bits per heavy atom. The van der Waals surface area contributed by atoms with Gasteiger partial charge in [-0.1, -0.05) is 18.2 Å². The number of nitrogens with zero attached hydrogens (tertiary/aromatic N) is 4. The number of hydrogen-bond acceptors (Lipinski definition) is 4. The van der Waals surface area contributed by atoms with Crippen molar-refractivity contribution < 1.29 is 14.7 Å². The van der Waals surface area contributed by atoms with E-state index in [2.05, 4.69) is 23.2 Å². The van der Waals surface area contributed by atoms with E-state index in [-0.39, 0.29) is 17.4 Å². The number of imidazole rings is 1. The molecule has 2 amide bonds. The summed E-state index contributed by atoms with van der Waals surface area (Å²) >= 11 is 0. The van der Waals surface area contributed by atoms with E-state index in [4.69, 9.17) is 0 Å². The Bertz CT molecular complexity index is 1240. The highest BCUT2D eigenvalue weighted by Gasteiger charge is 2.57. The summed E-state index contributed by atoms with van der Waals surface area (Å²) in [5.74, 6) is -0.142. The van der Waals surface area contributed by atoms with Crippen LogP contribution in [0.25, 0.3) is 22.2 Å². The zero-order valence-corrected chi connectivity index (χ0v) is 18.1. The molecule has 164 valence electrons. The molecular weight excluding hydrogens is 404 g/mol. The molecule has 0 unspecified atom stereocenters. The molecule has 2 aromatic carbocycles. The minimum atomic E-state index is -1.14. The van der Waals surface area contributed by atoms with Gasteiger partial charge in [-0.2, -0.15) is 0 Å². The van der Waals surface area contributed by atoms with Crippen molar-refractivity contribution in [2.75, 3.05) is 19.6 Å². The smallest absolute Gasteiger partial charge is 0.254 e.